The highest BCUT2D eigenvalue weighted by atomic mass is 16.5. The molecule has 3 atom stereocenters. The minimum absolute atomic E-state index is 0.0562. The monoisotopic (exact) mass is 451 g/mol. The van der Waals surface area contributed by atoms with Crippen LogP contribution >= 0.6 is 0 Å². The maximum atomic E-state index is 13.5. The summed E-state index contributed by atoms with van der Waals surface area (Å²) in [5.74, 6) is 2.05. The number of aliphatic hydroxyl groups is 1. The fourth-order valence-corrected chi connectivity index (χ4v) is 5.36. The molecule has 2 aliphatic rings. The predicted molar refractivity (Wildman–Crippen MR) is 128 cm³/mol. The van der Waals surface area contributed by atoms with Gasteiger partial charge in [0, 0.05) is 24.1 Å². The summed E-state index contributed by atoms with van der Waals surface area (Å²) in [6.45, 7) is 0.490. The molecule has 0 aromatic heterocycles. The van der Waals surface area contributed by atoms with Crippen LogP contribution in [0, 0.1) is 5.92 Å². The Morgan fingerprint density at radius 1 is 1.00 bits per heavy atom. The van der Waals surface area contributed by atoms with Crippen LogP contribution in [-0.2, 0) is 4.79 Å². The normalized spacial score (nSPS) is 24.9. The minimum atomic E-state index is -0.770. The van der Waals surface area contributed by atoms with Crippen LogP contribution in [0.5, 0.6) is 17.2 Å². The predicted octanol–water partition coefficient (Wildman–Crippen LogP) is 4.62. The van der Waals surface area contributed by atoms with E-state index in [4.69, 9.17) is 14.2 Å². The highest BCUT2D eigenvalue weighted by Gasteiger charge is 2.50. The summed E-state index contributed by atoms with van der Waals surface area (Å²) >= 11 is 0. The molecule has 2 aromatic rings. The van der Waals surface area contributed by atoms with Crippen LogP contribution in [0.25, 0.3) is 6.08 Å². The first-order valence-electron chi connectivity index (χ1n) is 11.6. The van der Waals surface area contributed by atoms with Crippen molar-refractivity contribution < 1.29 is 24.1 Å². The number of ether oxygens (including phenoxy) is 3. The van der Waals surface area contributed by atoms with Crippen molar-refractivity contribution in [1.82, 2.24) is 4.90 Å². The molecule has 1 aliphatic heterocycles. The first-order chi connectivity index (χ1) is 16.0. The number of carbonyl (C=O) groups is 1. The van der Waals surface area contributed by atoms with Crippen molar-refractivity contribution in [2.75, 3.05) is 27.9 Å². The zero-order chi connectivity index (χ0) is 23.4. The van der Waals surface area contributed by atoms with Gasteiger partial charge in [-0.25, -0.2) is 0 Å². The molecule has 176 valence electrons. The fourth-order valence-electron chi connectivity index (χ4n) is 5.36. The van der Waals surface area contributed by atoms with Crippen LogP contribution in [0.2, 0.25) is 0 Å². The number of piperidine rings is 1. The highest BCUT2D eigenvalue weighted by Crippen LogP contribution is 2.51. The van der Waals surface area contributed by atoms with E-state index >= 15 is 0 Å². The third kappa shape index (κ3) is 4.71. The first kappa shape index (κ1) is 23.2. The molecule has 0 unspecified atom stereocenters. The van der Waals surface area contributed by atoms with Gasteiger partial charge < -0.3 is 24.2 Å². The summed E-state index contributed by atoms with van der Waals surface area (Å²) in [4.78, 5) is 15.4. The lowest BCUT2D eigenvalue weighted by atomic mass is 9.66. The van der Waals surface area contributed by atoms with Crippen LogP contribution in [-0.4, -0.2) is 49.4 Å². The molecule has 0 bridgehead atoms. The van der Waals surface area contributed by atoms with Crippen LogP contribution in [0.1, 0.15) is 49.3 Å². The number of fused-ring (bicyclic) bond motifs is 1. The minimum Gasteiger partial charge on any atom is -0.497 e. The summed E-state index contributed by atoms with van der Waals surface area (Å²) in [5, 5.41) is 11.5. The van der Waals surface area contributed by atoms with Gasteiger partial charge in [-0.1, -0.05) is 25.0 Å². The molecule has 2 aromatic carbocycles. The van der Waals surface area contributed by atoms with Crippen molar-refractivity contribution in [3.05, 3.63) is 59.7 Å². The number of nitrogens with zero attached hydrogens (tertiary/aromatic N) is 1. The molecule has 1 amide bonds. The van der Waals surface area contributed by atoms with E-state index < -0.39 is 5.60 Å². The highest BCUT2D eigenvalue weighted by molar-refractivity contribution is 5.92. The second-order valence-electron chi connectivity index (χ2n) is 8.90. The molecule has 1 N–H and O–H groups in total. The molecule has 33 heavy (non-hydrogen) atoms. The number of hydrogen-bond acceptors (Lipinski definition) is 5. The van der Waals surface area contributed by atoms with Gasteiger partial charge in [0.25, 0.3) is 0 Å². The lowest BCUT2D eigenvalue weighted by Gasteiger charge is -2.52. The zero-order valence-electron chi connectivity index (χ0n) is 19.6. The quantitative estimate of drug-likeness (QED) is 0.649. The van der Waals surface area contributed by atoms with Gasteiger partial charge in [0.05, 0.1) is 33.0 Å². The zero-order valence-corrected chi connectivity index (χ0v) is 19.6. The lowest BCUT2D eigenvalue weighted by Crippen LogP contribution is -2.56. The topological polar surface area (TPSA) is 68.2 Å². The Morgan fingerprint density at radius 3 is 2.42 bits per heavy atom. The molecule has 1 saturated carbocycles. The third-order valence-corrected chi connectivity index (χ3v) is 7.14. The van der Waals surface area contributed by atoms with Gasteiger partial charge in [0.2, 0.25) is 5.91 Å². The van der Waals surface area contributed by atoms with E-state index in [0.717, 1.165) is 42.6 Å². The second kappa shape index (κ2) is 9.87. The van der Waals surface area contributed by atoms with E-state index in [1.165, 1.54) is 0 Å². The van der Waals surface area contributed by atoms with Gasteiger partial charge in [0.15, 0.2) is 0 Å². The summed E-state index contributed by atoms with van der Waals surface area (Å²) in [5.41, 5.74) is 1.03. The van der Waals surface area contributed by atoms with Crippen LogP contribution < -0.4 is 14.2 Å². The first-order valence-corrected chi connectivity index (χ1v) is 11.6. The standard InChI is InChI=1S/C27H33NO5/c1-31-20-10-7-19(8-11-20)9-14-25(29)28-17-16-27(30)15-5-4-6-23(27)26(28)22-18-21(32-2)12-13-24(22)33-3/h7-14,18,23,26,30H,4-6,15-17H2,1-3H3/t23-,26-,27+/m0/s1. The van der Waals surface area contributed by atoms with Gasteiger partial charge in [-0.05, 0) is 61.2 Å². The molecule has 0 radical (unpaired) electrons. The molecule has 1 aliphatic carbocycles. The Hall–Kier alpha value is -2.99. The summed E-state index contributed by atoms with van der Waals surface area (Å²) in [6.07, 6.45) is 7.72. The Morgan fingerprint density at radius 2 is 1.73 bits per heavy atom. The van der Waals surface area contributed by atoms with E-state index in [1.54, 1.807) is 27.4 Å². The van der Waals surface area contributed by atoms with Gasteiger partial charge in [0.1, 0.15) is 17.2 Å². The molecule has 6 heteroatoms. The Kier molecular flexibility index (Phi) is 6.94. The van der Waals surface area contributed by atoms with E-state index in [9.17, 15) is 9.90 Å². The molecule has 0 spiro atoms. The van der Waals surface area contributed by atoms with E-state index in [1.807, 2.05) is 53.4 Å². The Balaban J connectivity index is 1.69. The number of likely N-dealkylation sites (tertiary alicyclic amines) is 1. The maximum Gasteiger partial charge on any atom is 0.247 e. The van der Waals surface area contributed by atoms with Crippen molar-refractivity contribution >= 4 is 12.0 Å². The maximum absolute atomic E-state index is 13.5. The SMILES string of the molecule is COc1ccc(C=CC(=O)N2CC[C@]3(O)CCCC[C@H]3[C@@H]2c2cc(OC)ccc2OC)cc1. The molecule has 6 nitrogen and oxygen atoms in total. The Bertz CT molecular complexity index is 1000. The molecule has 1 heterocycles. The third-order valence-electron chi connectivity index (χ3n) is 7.14. The lowest BCUT2D eigenvalue weighted by molar-refractivity contribution is -0.151. The van der Waals surface area contributed by atoms with Crippen LogP contribution in [0.15, 0.2) is 48.5 Å². The van der Waals surface area contributed by atoms with Crippen molar-refractivity contribution in [2.24, 2.45) is 5.92 Å². The number of carbonyl (C=O) groups excluding carboxylic acids is 1. The number of hydrogen-bond donors (Lipinski definition) is 1. The van der Waals surface area contributed by atoms with Crippen molar-refractivity contribution in [3.8, 4) is 17.2 Å². The summed E-state index contributed by atoms with van der Waals surface area (Å²) in [6, 6.07) is 13.0. The number of amides is 1. The number of methoxy groups -OCH3 is 3. The van der Waals surface area contributed by atoms with Crippen LogP contribution in [0.3, 0.4) is 0 Å². The summed E-state index contributed by atoms with van der Waals surface area (Å²) < 4.78 is 16.4. The smallest absolute Gasteiger partial charge is 0.247 e. The second-order valence-corrected chi connectivity index (χ2v) is 8.90. The molecule has 1 saturated heterocycles. The van der Waals surface area contributed by atoms with Gasteiger partial charge >= 0.3 is 0 Å². The average Bonchev–Trinajstić information content (AvgIpc) is 2.86. The molecular formula is C27H33NO5. The summed E-state index contributed by atoms with van der Waals surface area (Å²) in [7, 11) is 4.89. The molecular weight excluding hydrogens is 418 g/mol. The largest absolute Gasteiger partial charge is 0.497 e. The Labute approximate surface area is 195 Å². The van der Waals surface area contributed by atoms with Gasteiger partial charge in [-0.15, -0.1) is 0 Å². The van der Waals surface area contributed by atoms with E-state index in [2.05, 4.69) is 0 Å². The van der Waals surface area contributed by atoms with Crippen LogP contribution in [0.4, 0.5) is 0 Å². The fraction of sp³-hybridized carbons (Fsp3) is 0.444. The van der Waals surface area contributed by atoms with Crippen molar-refractivity contribution in [2.45, 2.75) is 43.7 Å². The number of rotatable bonds is 6. The molecule has 4 rings (SSSR count). The number of benzene rings is 2. The average molecular weight is 452 g/mol. The van der Waals surface area contributed by atoms with Crippen molar-refractivity contribution in [1.29, 1.82) is 0 Å². The van der Waals surface area contributed by atoms with Gasteiger partial charge in [-0.2, -0.15) is 0 Å². The van der Waals surface area contributed by atoms with Crippen molar-refractivity contribution in [3.63, 3.8) is 0 Å². The van der Waals surface area contributed by atoms with E-state index in [0.29, 0.717) is 24.5 Å². The van der Waals surface area contributed by atoms with E-state index in [-0.39, 0.29) is 17.9 Å². The van der Waals surface area contributed by atoms with Gasteiger partial charge in [-0.3, -0.25) is 4.79 Å². The molecule has 2 fully saturated rings.